The van der Waals surface area contributed by atoms with Crippen LogP contribution in [0.2, 0.25) is 0 Å². The first-order chi connectivity index (χ1) is 10.6. The number of benzene rings is 1. The van der Waals surface area contributed by atoms with Crippen molar-refractivity contribution >= 4 is 5.97 Å². The average Bonchev–Trinajstić information content (AvgIpc) is 2.52. The van der Waals surface area contributed by atoms with Crippen LogP contribution in [0.15, 0.2) is 24.3 Å². The monoisotopic (exact) mass is 308 g/mol. The molecule has 0 spiro atoms. The number of carbonyl (C=O) groups excluding carboxylic acids is 1. The number of hydrogen-bond acceptors (Lipinski definition) is 6. The Hall–Kier alpha value is -2.21. The van der Waals surface area contributed by atoms with E-state index in [9.17, 15) is 20.1 Å². The van der Waals surface area contributed by atoms with Crippen molar-refractivity contribution in [1.29, 1.82) is 0 Å². The van der Waals surface area contributed by atoms with Gasteiger partial charge in [-0.3, -0.25) is 4.79 Å². The Labute approximate surface area is 128 Å². The van der Waals surface area contributed by atoms with Gasteiger partial charge in [0.05, 0.1) is 19.1 Å². The molecule has 1 atom stereocenters. The van der Waals surface area contributed by atoms with Gasteiger partial charge in [0.15, 0.2) is 17.2 Å². The summed E-state index contributed by atoms with van der Waals surface area (Å²) in [7, 11) is 0. The predicted octanol–water partition coefficient (Wildman–Crippen LogP) is 2.22. The third kappa shape index (κ3) is 4.39. The zero-order chi connectivity index (χ0) is 15.9. The highest BCUT2D eigenvalue weighted by Gasteiger charge is 2.19. The van der Waals surface area contributed by atoms with E-state index in [0.717, 1.165) is 19.3 Å². The van der Waals surface area contributed by atoms with Crippen molar-refractivity contribution in [2.24, 2.45) is 5.92 Å². The van der Waals surface area contributed by atoms with Crippen molar-refractivity contribution in [3.63, 3.8) is 0 Å². The molecule has 0 heterocycles. The number of hydrogen-bond donors (Lipinski definition) is 3. The second kappa shape index (κ2) is 7.70. The lowest BCUT2D eigenvalue weighted by atomic mass is 9.95. The van der Waals surface area contributed by atoms with Crippen LogP contribution >= 0.6 is 0 Å². The number of rotatable bonds is 6. The average molecular weight is 308 g/mol. The van der Waals surface area contributed by atoms with Crippen molar-refractivity contribution in [3.05, 3.63) is 29.8 Å². The Balaban J connectivity index is 1.67. The summed E-state index contributed by atoms with van der Waals surface area (Å²) in [6.07, 6.45) is 6.52. The summed E-state index contributed by atoms with van der Waals surface area (Å²) in [4.78, 5) is 11.8. The van der Waals surface area contributed by atoms with Crippen LogP contribution in [0.1, 0.15) is 24.8 Å². The molecule has 2 rings (SSSR count). The van der Waals surface area contributed by atoms with Gasteiger partial charge in [-0.2, -0.15) is 0 Å². The maximum atomic E-state index is 11.8. The van der Waals surface area contributed by atoms with E-state index < -0.39 is 17.2 Å². The van der Waals surface area contributed by atoms with Crippen LogP contribution in [-0.2, 0) is 20.9 Å². The number of allylic oxidation sites excluding steroid dienone is 2. The summed E-state index contributed by atoms with van der Waals surface area (Å²) >= 11 is 0. The molecule has 1 aliphatic carbocycles. The molecule has 0 fully saturated rings. The molecular formula is C16H20O6. The van der Waals surface area contributed by atoms with Crippen molar-refractivity contribution in [1.82, 2.24) is 0 Å². The van der Waals surface area contributed by atoms with Gasteiger partial charge < -0.3 is 24.8 Å². The van der Waals surface area contributed by atoms with Gasteiger partial charge in [-0.05, 0) is 37.0 Å². The fraction of sp³-hybridized carbons (Fsp3) is 0.438. The zero-order valence-electron chi connectivity index (χ0n) is 12.2. The minimum Gasteiger partial charge on any atom is -0.504 e. The Morgan fingerprint density at radius 1 is 1.14 bits per heavy atom. The van der Waals surface area contributed by atoms with Gasteiger partial charge in [0.1, 0.15) is 6.61 Å². The Bertz CT molecular complexity index is 529. The topological polar surface area (TPSA) is 96.2 Å². The van der Waals surface area contributed by atoms with Crippen LogP contribution in [0.5, 0.6) is 17.2 Å². The third-order valence-electron chi connectivity index (χ3n) is 3.47. The van der Waals surface area contributed by atoms with Gasteiger partial charge >= 0.3 is 5.97 Å². The van der Waals surface area contributed by atoms with Crippen molar-refractivity contribution < 1.29 is 29.6 Å². The summed E-state index contributed by atoms with van der Waals surface area (Å²) < 4.78 is 10.5. The summed E-state index contributed by atoms with van der Waals surface area (Å²) in [5.41, 5.74) is 0.511. The summed E-state index contributed by atoms with van der Waals surface area (Å²) in [5.74, 6) is -1.63. The van der Waals surface area contributed by atoms with E-state index in [-0.39, 0.29) is 31.7 Å². The smallest absolute Gasteiger partial charge is 0.309 e. The van der Waals surface area contributed by atoms with E-state index in [2.05, 4.69) is 6.08 Å². The molecule has 1 unspecified atom stereocenters. The first-order valence-corrected chi connectivity index (χ1v) is 7.21. The van der Waals surface area contributed by atoms with E-state index >= 15 is 0 Å². The van der Waals surface area contributed by atoms with Gasteiger partial charge in [-0.1, -0.05) is 12.2 Å². The minimum absolute atomic E-state index is 0.0593. The Morgan fingerprint density at radius 2 is 1.86 bits per heavy atom. The van der Waals surface area contributed by atoms with Gasteiger partial charge in [0.25, 0.3) is 0 Å². The highest BCUT2D eigenvalue weighted by atomic mass is 16.6. The lowest BCUT2D eigenvalue weighted by Gasteiger charge is -2.16. The van der Waals surface area contributed by atoms with Gasteiger partial charge in [0, 0.05) is 0 Å². The number of phenols is 3. The molecule has 0 saturated carbocycles. The molecule has 1 aromatic carbocycles. The number of ether oxygens (including phenoxy) is 2. The van der Waals surface area contributed by atoms with Gasteiger partial charge in [-0.15, -0.1) is 0 Å². The van der Waals surface area contributed by atoms with Crippen LogP contribution in [0.4, 0.5) is 0 Å². The summed E-state index contributed by atoms with van der Waals surface area (Å²) in [6.45, 7) is 0.511. The van der Waals surface area contributed by atoms with E-state index in [0.29, 0.717) is 5.56 Å². The highest BCUT2D eigenvalue weighted by Crippen LogP contribution is 2.35. The van der Waals surface area contributed by atoms with Crippen molar-refractivity contribution in [3.8, 4) is 17.2 Å². The van der Waals surface area contributed by atoms with E-state index in [1.807, 2.05) is 6.08 Å². The van der Waals surface area contributed by atoms with Crippen molar-refractivity contribution in [2.75, 3.05) is 13.2 Å². The second-order valence-corrected chi connectivity index (χ2v) is 5.18. The lowest BCUT2D eigenvalue weighted by molar-refractivity contribution is -0.150. The van der Waals surface area contributed by atoms with Crippen LogP contribution in [0.25, 0.3) is 0 Å². The minimum atomic E-state index is -0.556. The second-order valence-electron chi connectivity index (χ2n) is 5.18. The van der Waals surface area contributed by atoms with E-state index in [4.69, 9.17) is 9.47 Å². The normalized spacial score (nSPS) is 17.4. The molecule has 0 amide bonds. The fourth-order valence-corrected chi connectivity index (χ4v) is 2.26. The molecule has 120 valence electrons. The molecule has 6 heteroatoms. The van der Waals surface area contributed by atoms with Crippen molar-refractivity contribution in [2.45, 2.75) is 25.9 Å². The maximum absolute atomic E-state index is 11.8. The zero-order valence-corrected chi connectivity index (χ0v) is 12.2. The van der Waals surface area contributed by atoms with Crippen LogP contribution < -0.4 is 0 Å². The Morgan fingerprint density at radius 3 is 2.50 bits per heavy atom. The van der Waals surface area contributed by atoms with Gasteiger partial charge in [0.2, 0.25) is 0 Å². The van der Waals surface area contributed by atoms with E-state index in [1.165, 1.54) is 12.1 Å². The van der Waals surface area contributed by atoms with Gasteiger partial charge in [-0.25, -0.2) is 0 Å². The standard InChI is InChI=1S/C16H20O6/c17-13-8-11(9-14(18)15(13)19)10-21-6-7-22-16(20)12-4-2-1-3-5-12/h1-2,8-9,12,17-19H,3-7,10H2. The molecule has 0 radical (unpaired) electrons. The number of esters is 1. The molecular weight excluding hydrogens is 288 g/mol. The Kier molecular flexibility index (Phi) is 5.66. The molecule has 0 bridgehead atoms. The number of phenolic OH excluding ortho intramolecular Hbond substituents is 3. The summed E-state index contributed by atoms with van der Waals surface area (Å²) in [6, 6.07) is 2.60. The van der Waals surface area contributed by atoms with Crippen LogP contribution in [-0.4, -0.2) is 34.5 Å². The molecule has 0 aromatic heterocycles. The molecule has 1 aromatic rings. The first-order valence-electron chi connectivity index (χ1n) is 7.21. The SMILES string of the molecule is O=C(OCCOCc1cc(O)c(O)c(O)c1)C1CC=CCC1. The largest absolute Gasteiger partial charge is 0.504 e. The van der Waals surface area contributed by atoms with Crippen LogP contribution in [0.3, 0.4) is 0 Å². The quantitative estimate of drug-likeness (QED) is 0.323. The lowest BCUT2D eigenvalue weighted by Crippen LogP contribution is -2.20. The van der Waals surface area contributed by atoms with E-state index in [1.54, 1.807) is 0 Å². The predicted molar refractivity (Wildman–Crippen MR) is 78.5 cm³/mol. The molecule has 22 heavy (non-hydrogen) atoms. The number of aromatic hydroxyl groups is 3. The molecule has 0 aliphatic heterocycles. The first kappa shape index (κ1) is 16.2. The number of carbonyl (C=O) groups is 1. The maximum Gasteiger partial charge on any atom is 0.309 e. The van der Waals surface area contributed by atoms with Crippen LogP contribution in [0, 0.1) is 5.92 Å². The molecule has 1 aliphatic rings. The molecule has 0 saturated heterocycles. The summed E-state index contributed by atoms with van der Waals surface area (Å²) in [5, 5.41) is 27.9. The fourth-order valence-electron chi connectivity index (χ4n) is 2.26. The highest BCUT2D eigenvalue weighted by molar-refractivity contribution is 5.72. The molecule has 3 N–H and O–H groups in total. The molecule has 6 nitrogen and oxygen atoms in total. The third-order valence-corrected chi connectivity index (χ3v) is 3.47.